The summed E-state index contributed by atoms with van der Waals surface area (Å²) in [4.78, 5) is 18.5. The molecule has 0 spiro atoms. The lowest BCUT2D eigenvalue weighted by atomic mass is 9.72. The molecule has 192 valence electrons. The molecular formula is C26H30ClN3O6. The van der Waals surface area contributed by atoms with Crippen LogP contribution < -0.4 is 9.47 Å². The maximum Gasteiger partial charge on any atom is 0.264 e. The topological polar surface area (TPSA) is 118 Å². The predicted octanol–water partition coefficient (Wildman–Crippen LogP) is 3.67. The average molecular weight is 516 g/mol. The summed E-state index contributed by atoms with van der Waals surface area (Å²) in [5, 5.41) is 25.1. The molecule has 3 aromatic rings. The maximum atomic E-state index is 12.5. The lowest BCUT2D eigenvalue weighted by molar-refractivity contribution is -0.138. The van der Waals surface area contributed by atoms with E-state index in [1.165, 1.54) is 6.92 Å². The zero-order valence-corrected chi connectivity index (χ0v) is 21.4. The average Bonchev–Trinajstić information content (AvgIpc) is 3.48. The Balaban J connectivity index is 1.56. The number of amides is 1. The fourth-order valence-electron chi connectivity index (χ4n) is 4.55. The Bertz CT molecular complexity index is 1210. The van der Waals surface area contributed by atoms with Crippen molar-refractivity contribution in [1.29, 1.82) is 0 Å². The second-order valence-corrected chi connectivity index (χ2v) is 9.78. The number of likely N-dealkylation sites (tertiary alicyclic amines) is 1. The Kier molecular flexibility index (Phi) is 7.54. The van der Waals surface area contributed by atoms with Crippen LogP contribution in [0.4, 0.5) is 0 Å². The molecule has 2 N–H and O–H groups in total. The molecule has 9 nitrogen and oxygen atoms in total. The highest BCUT2D eigenvalue weighted by Gasteiger charge is 2.48. The molecule has 1 amide bonds. The highest BCUT2D eigenvalue weighted by atomic mass is 35.5. The van der Waals surface area contributed by atoms with E-state index in [4.69, 9.17) is 25.6 Å². The minimum Gasteiger partial charge on any atom is -0.493 e. The SMILES string of the molecule is COc1ccc(C2CN(C(=O)C(C)O)CC2(C)C(C)O)cc1OCc1nc(-c2ccc(Cl)cc2)no1. The van der Waals surface area contributed by atoms with Crippen LogP contribution in [0.3, 0.4) is 0 Å². The van der Waals surface area contributed by atoms with Crippen LogP contribution in [0.1, 0.15) is 38.1 Å². The third kappa shape index (κ3) is 5.18. The van der Waals surface area contributed by atoms with E-state index in [1.807, 2.05) is 19.1 Å². The van der Waals surface area contributed by atoms with Gasteiger partial charge in [-0.25, -0.2) is 0 Å². The molecule has 0 saturated carbocycles. The summed E-state index contributed by atoms with van der Waals surface area (Å²) < 4.78 is 16.8. The Hall–Kier alpha value is -3.14. The summed E-state index contributed by atoms with van der Waals surface area (Å²) in [6.45, 7) is 5.83. The molecule has 4 rings (SSSR count). The molecule has 2 heterocycles. The van der Waals surface area contributed by atoms with E-state index in [9.17, 15) is 15.0 Å². The van der Waals surface area contributed by atoms with Gasteiger partial charge in [0, 0.05) is 35.0 Å². The van der Waals surface area contributed by atoms with Crippen LogP contribution in [0.5, 0.6) is 11.5 Å². The van der Waals surface area contributed by atoms with Crippen molar-refractivity contribution in [2.45, 2.75) is 45.5 Å². The van der Waals surface area contributed by atoms with Crippen molar-refractivity contribution in [2.75, 3.05) is 20.2 Å². The van der Waals surface area contributed by atoms with Gasteiger partial charge in [-0.05, 0) is 55.8 Å². The fourth-order valence-corrected chi connectivity index (χ4v) is 4.67. The Morgan fingerprint density at radius 1 is 1.22 bits per heavy atom. The lowest BCUT2D eigenvalue weighted by Crippen LogP contribution is -2.40. The van der Waals surface area contributed by atoms with E-state index in [-0.39, 0.29) is 24.3 Å². The summed E-state index contributed by atoms with van der Waals surface area (Å²) in [6.07, 6.45) is -1.80. The minimum atomic E-state index is -1.11. The number of nitrogens with zero attached hydrogens (tertiary/aromatic N) is 3. The van der Waals surface area contributed by atoms with Gasteiger partial charge >= 0.3 is 0 Å². The maximum absolute atomic E-state index is 12.5. The van der Waals surface area contributed by atoms with Crippen LogP contribution in [0.2, 0.25) is 5.02 Å². The van der Waals surface area contributed by atoms with Crippen molar-refractivity contribution >= 4 is 17.5 Å². The Morgan fingerprint density at radius 2 is 1.94 bits per heavy atom. The van der Waals surface area contributed by atoms with Crippen LogP contribution in [-0.2, 0) is 11.4 Å². The minimum absolute atomic E-state index is 0.0192. The molecule has 1 aromatic heterocycles. The van der Waals surface area contributed by atoms with Crippen LogP contribution in [0, 0.1) is 5.41 Å². The molecule has 0 radical (unpaired) electrons. The van der Waals surface area contributed by atoms with Gasteiger partial charge in [0.1, 0.15) is 6.10 Å². The van der Waals surface area contributed by atoms with Crippen molar-refractivity contribution in [3.63, 3.8) is 0 Å². The number of carbonyl (C=O) groups is 1. The smallest absolute Gasteiger partial charge is 0.264 e. The first-order chi connectivity index (χ1) is 17.1. The molecule has 1 fully saturated rings. The molecule has 0 bridgehead atoms. The van der Waals surface area contributed by atoms with Crippen LogP contribution in [-0.4, -0.2) is 63.6 Å². The molecule has 4 unspecified atom stereocenters. The second-order valence-electron chi connectivity index (χ2n) is 9.35. The number of ether oxygens (including phenoxy) is 2. The predicted molar refractivity (Wildman–Crippen MR) is 133 cm³/mol. The van der Waals surface area contributed by atoms with Crippen molar-refractivity contribution in [2.24, 2.45) is 5.41 Å². The number of carbonyl (C=O) groups excluding carboxylic acids is 1. The molecule has 1 aliphatic heterocycles. The van der Waals surface area contributed by atoms with Crippen LogP contribution in [0.25, 0.3) is 11.4 Å². The zero-order chi connectivity index (χ0) is 26.0. The Morgan fingerprint density at radius 3 is 2.58 bits per heavy atom. The van der Waals surface area contributed by atoms with Crippen LogP contribution in [0.15, 0.2) is 47.0 Å². The number of hydrogen-bond donors (Lipinski definition) is 2. The van der Waals surface area contributed by atoms with Gasteiger partial charge in [0.05, 0.1) is 13.2 Å². The van der Waals surface area contributed by atoms with Crippen molar-refractivity contribution in [3.05, 3.63) is 58.9 Å². The third-order valence-electron chi connectivity index (χ3n) is 6.87. The van der Waals surface area contributed by atoms with E-state index in [0.717, 1.165) is 11.1 Å². The number of aromatic nitrogens is 2. The largest absolute Gasteiger partial charge is 0.493 e. The van der Waals surface area contributed by atoms with Gasteiger partial charge in [0.25, 0.3) is 11.8 Å². The molecular weight excluding hydrogens is 486 g/mol. The zero-order valence-electron chi connectivity index (χ0n) is 20.6. The van der Waals surface area contributed by atoms with Gasteiger partial charge in [-0.15, -0.1) is 0 Å². The Labute approximate surface area is 214 Å². The molecule has 0 aliphatic carbocycles. The normalized spacial score (nSPS) is 21.3. The van der Waals surface area contributed by atoms with Gasteiger partial charge in [0.15, 0.2) is 18.1 Å². The van der Waals surface area contributed by atoms with Crippen molar-refractivity contribution in [1.82, 2.24) is 15.0 Å². The first-order valence-corrected chi connectivity index (χ1v) is 12.0. The fraction of sp³-hybridized carbons (Fsp3) is 0.423. The molecule has 1 aliphatic rings. The van der Waals surface area contributed by atoms with E-state index < -0.39 is 17.6 Å². The first kappa shape index (κ1) is 25.9. The number of rotatable bonds is 8. The summed E-state index contributed by atoms with van der Waals surface area (Å²) in [7, 11) is 1.55. The number of methoxy groups -OCH3 is 1. The monoisotopic (exact) mass is 515 g/mol. The highest BCUT2D eigenvalue weighted by Crippen LogP contribution is 2.47. The molecule has 2 aromatic carbocycles. The first-order valence-electron chi connectivity index (χ1n) is 11.7. The van der Waals surface area contributed by atoms with E-state index in [2.05, 4.69) is 10.1 Å². The standard InChI is InChI=1S/C26H30ClN3O6/c1-15(31)25(33)30-12-20(26(3,14-30)16(2)32)18-7-10-21(34-4)22(11-18)35-13-23-28-24(29-36-23)17-5-8-19(27)9-6-17/h5-11,15-16,20,31-32H,12-14H2,1-4H3. The molecule has 4 atom stereocenters. The summed E-state index contributed by atoms with van der Waals surface area (Å²) >= 11 is 5.94. The van der Waals surface area contributed by atoms with Crippen LogP contribution >= 0.6 is 11.6 Å². The van der Waals surface area contributed by atoms with Crippen molar-refractivity contribution in [3.8, 4) is 22.9 Å². The van der Waals surface area contributed by atoms with Crippen molar-refractivity contribution < 1.29 is 29.0 Å². The third-order valence-corrected chi connectivity index (χ3v) is 7.12. The second kappa shape index (κ2) is 10.5. The highest BCUT2D eigenvalue weighted by molar-refractivity contribution is 6.30. The van der Waals surface area contributed by atoms with E-state index in [1.54, 1.807) is 49.3 Å². The number of aliphatic hydroxyl groups is 2. The quantitative estimate of drug-likeness (QED) is 0.466. The van der Waals surface area contributed by atoms with E-state index >= 15 is 0 Å². The van der Waals surface area contributed by atoms with Gasteiger partial charge in [-0.1, -0.05) is 29.7 Å². The van der Waals surface area contributed by atoms with E-state index in [0.29, 0.717) is 35.4 Å². The lowest BCUT2D eigenvalue weighted by Gasteiger charge is -2.33. The van der Waals surface area contributed by atoms with Gasteiger partial charge < -0.3 is 29.1 Å². The summed E-state index contributed by atoms with van der Waals surface area (Å²) in [5.41, 5.74) is 1.03. The molecule has 36 heavy (non-hydrogen) atoms. The van der Waals surface area contributed by atoms with Gasteiger partial charge in [0.2, 0.25) is 5.82 Å². The number of benzene rings is 2. The van der Waals surface area contributed by atoms with Gasteiger partial charge in [-0.2, -0.15) is 4.98 Å². The van der Waals surface area contributed by atoms with Gasteiger partial charge in [-0.3, -0.25) is 4.79 Å². The molecule has 1 saturated heterocycles. The molecule has 10 heteroatoms. The number of aliphatic hydroxyl groups excluding tert-OH is 2. The number of hydrogen-bond acceptors (Lipinski definition) is 8. The summed E-state index contributed by atoms with van der Waals surface area (Å²) in [5.74, 6) is 1.15. The summed E-state index contributed by atoms with van der Waals surface area (Å²) in [6, 6.07) is 12.6. The number of halogens is 1.